The maximum absolute atomic E-state index is 5.62. The summed E-state index contributed by atoms with van der Waals surface area (Å²) in [5.74, 6) is 0. The summed E-state index contributed by atoms with van der Waals surface area (Å²) in [7, 11) is 0. The van der Waals surface area contributed by atoms with Crippen molar-refractivity contribution >= 4 is 0 Å². The quantitative estimate of drug-likeness (QED) is 0.771. The van der Waals surface area contributed by atoms with Gasteiger partial charge < -0.3 is 10.1 Å². The number of hydrogen-bond acceptors (Lipinski definition) is 3. The highest BCUT2D eigenvalue weighted by molar-refractivity contribution is 4.93. The number of hydrogen-bond donors (Lipinski definition) is 1. The normalized spacial score (nSPS) is 35.6. The van der Waals surface area contributed by atoms with Crippen LogP contribution in [0.1, 0.15) is 40.0 Å². The maximum atomic E-state index is 5.62. The van der Waals surface area contributed by atoms with Crippen LogP contribution in [-0.2, 0) is 4.74 Å². The van der Waals surface area contributed by atoms with E-state index in [9.17, 15) is 0 Å². The average Bonchev–Trinajstić information content (AvgIpc) is 2.57. The van der Waals surface area contributed by atoms with Gasteiger partial charge in [0.05, 0.1) is 6.10 Å². The van der Waals surface area contributed by atoms with Crippen LogP contribution < -0.4 is 5.32 Å². The van der Waals surface area contributed by atoms with E-state index in [0.717, 1.165) is 12.6 Å². The van der Waals surface area contributed by atoms with Gasteiger partial charge in [0.15, 0.2) is 0 Å². The van der Waals surface area contributed by atoms with Crippen LogP contribution in [0.15, 0.2) is 0 Å². The Kier molecular flexibility index (Phi) is 4.22. The smallest absolute Gasteiger partial charge is 0.0604 e. The van der Waals surface area contributed by atoms with Crippen molar-refractivity contribution in [3.63, 3.8) is 0 Å². The fourth-order valence-electron chi connectivity index (χ4n) is 2.93. The van der Waals surface area contributed by atoms with Crippen LogP contribution in [0.25, 0.3) is 0 Å². The first-order chi connectivity index (χ1) is 7.69. The third kappa shape index (κ3) is 2.96. The predicted octanol–water partition coefficient (Wildman–Crippen LogP) is 1.63. The Morgan fingerprint density at radius 2 is 2.12 bits per heavy atom. The number of nitrogens with zero attached hydrogens (tertiary/aromatic N) is 1. The lowest BCUT2D eigenvalue weighted by Gasteiger charge is -2.41. The second-order valence-electron chi connectivity index (χ2n) is 5.50. The number of nitrogens with one attached hydrogen (secondary N) is 1. The van der Waals surface area contributed by atoms with E-state index in [0.29, 0.717) is 18.2 Å². The lowest BCUT2D eigenvalue weighted by molar-refractivity contribution is -0.0412. The molecule has 0 bridgehead atoms. The van der Waals surface area contributed by atoms with Crippen molar-refractivity contribution in [3.8, 4) is 0 Å². The van der Waals surface area contributed by atoms with Gasteiger partial charge in [-0.1, -0.05) is 13.8 Å². The van der Waals surface area contributed by atoms with Crippen LogP contribution in [-0.4, -0.2) is 48.8 Å². The van der Waals surface area contributed by atoms with Gasteiger partial charge in [-0.3, -0.25) is 4.90 Å². The van der Waals surface area contributed by atoms with Crippen molar-refractivity contribution in [2.75, 3.05) is 19.7 Å². The highest BCUT2D eigenvalue weighted by atomic mass is 16.5. The van der Waals surface area contributed by atoms with Crippen molar-refractivity contribution in [1.82, 2.24) is 10.2 Å². The molecule has 0 spiro atoms. The van der Waals surface area contributed by atoms with Crippen molar-refractivity contribution in [2.45, 2.75) is 64.3 Å². The van der Waals surface area contributed by atoms with Gasteiger partial charge in [-0.15, -0.1) is 0 Å². The number of likely N-dealkylation sites (tertiary alicyclic amines) is 1. The topological polar surface area (TPSA) is 24.5 Å². The fourth-order valence-corrected chi connectivity index (χ4v) is 2.93. The molecule has 2 fully saturated rings. The molecule has 94 valence electrons. The monoisotopic (exact) mass is 226 g/mol. The number of rotatable bonds is 5. The molecule has 0 aromatic heterocycles. The van der Waals surface area contributed by atoms with Crippen LogP contribution in [0.5, 0.6) is 0 Å². The van der Waals surface area contributed by atoms with E-state index < -0.39 is 0 Å². The van der Waals surface area contributed by atoms with Gasteiger partial charge in [0.2, 0.25) is 0 Å². The van der Waals surface area contributed by atoms with E-state index in [1.807, 2.05) is 0 Å². The van der Waals surface area contributed by atoms with Gasteiger partial charge in [0.25, 0.3) is 0 Å². The molecule has 0 aromatic carbocycles. The molecule has 3 heteroatoms. The first kappa shape index (κ1) is 12.3. The molecular weight excluding hydrogens is 200 g/mol. The summed E-state index contributed by atoms with van der Waals surface area (Å²) < 4.78 is 5.62. The zero-order valence-electron chi connectivity index (χ0n) is 10.9. The fraction of sp³-hybridized carbons (Fsp3) is 1.00. The van der Waals surface area contributed by atoms with Gasteiger partial charge in [-0.05, 0) is 26.2 Å². The molecule has 1 saturated carbocycles. The first-order valence-electron chi connectivity index (χ1n) is 6.80. The molecule has 2 aliphatic rings. The lowest BCUT2D eigenvalue weighted by Crippen LogP contribution is -2.48. The average molecular weight is 226 g/mol. The van der Waals surface area contributed by atoms with Gasteiger partial charge in [0.1, 0.15) is 0 Å². The van der Waals surface area contributed by atoms with Crippen LogP contribution in [0.2, 0.25) is 0 Å². The molecule has 16 heavy (non-hydrogen) atoms. The molecule has 0 radical (unpaired) electrons. The molecule has 1 aliphatic heterocycles. The van der Waals surface area contributed by atoms with Crippen molar-refractivity contribution in [2.24, 2.45) is 0 Å². The Morgan fingerprint density at radius 3 is 2.75 bits per heavy atom. The molecule has 1 saturated heterocycles. The summed E-state index contributed by atoms with van der Waals surface area (Å²) in [6, 6.07) is 2.13. The summed E-state index contributed by atoms with van der Waals surface area (Å²) in [5.41, 5.74) is 0. The van der Waals surface area contributed by atoms with E-state index in [1.165, 1.54) is 32.4 Å². The second kappa shape index (κ2) is 5.48. The van der Waals surface area contributed by atoms with Crippen LogP contribution in [0.4, 0.5) is 0 Å². The zero-order valence-corrected chi connectivity index (χ0v) is 10.9. The molecule has 1 unspecified atom stereocenters. The van der Waals surface area contributed by atoms with Crippen LogP contribution in [0.3, 0.4) is 0 Å². The summed E-state index contributed by atoms with van der Waals surface area (Å²) in [6.45, 7) is 9.94. The van der Waals surface area contributed by atoms with E-state index in [4.69, 9.17) is 4.74 Å². The van der Waals surface area contributed by atoms with E-state index >= 15 is 0 Å². The van der Waals surface area contributed by atoms with Crippen molar-refractivity contribution in [1.29, 1.82) is 0 Å². The third-order valence-corrected chi connectivity index (χ3v) is 3.78. The molecule has 1 N–H and O–H groups in total. The van der Waals surface area contributed by atoms with Crippen molar-refractivity contribution < 1.29 is 4.74 Å². The molecule has 2 rings (SSSR count). The van der Waals surface area contributed by atoms with E-state index in [2.05, 4.69) is 31.0 Å². The van der Waals surface area contributed by atoms with Crippen LogP contribution in [0, 0.1) is 0 Å². The van der Waals surface area contributed by atoms with E-state index in [1.54, 1.807) is 0 Å². The Labute approximate surface area is 99.5 Å². The van der Waals surface area contributed by atoms with Crippen LogP contribution >= 0.6 is 0 Å². The summed E-state index contributed by atoms with van der Waals surface area (Å²) in [6.07, 6.45) is 4.37. The standard InChI is InChI=1S/C13H26N2O/c1-4-16-13-7-12(8-13)15-6-5-11(9-15)14-10(2)3/h10-14H,4-9H2,1-3H3. The second-order valence-corrected chi connectivity index (χ2v) is 5.50. The molecule has 1 atom stereocenters. The molecule has 0 amide bonds. The number of ether oxygens (including phenoxy) is 1. The van der Waals surface area contributed by atoms with Crippen molar-refractivity contribution in [3.05, 3.63) is 0 Å². The summed E-state index contributed by atoms with van der Waals surface area (Å²) in [5, 5.41) is 3.64. The molecule has 3 nitrogen and oxygen atoms in total. The minimum Gasteiger partial charge on any atom is -0.378 e. The van der Waals surface area contributed by atoms with Gasteiger partial charge >= 0.3 is 0 Å². The third-order valence-electron chi connectivity index (χ3n) is 3.78. The highest BCUT2D eigenvalue weighted by Crippen LogP contribution is 2.30. The van der Waals surface area contributed by atoms with Gasteiger partial charge in [-0.25, -0.2) is 0 Å². The molecular formula is C13H26N2O. The lowest BCUT2D eigenvalue weighted by atomic mass is 9.88. The zero-order chi connectivity index (χ0) is 11.5. The Balaban J connectivity index is 1.66. The highest BCUT2D eigenvalue weighted by Gasteiger charge is 2.37. The SMILES string of the molecule is CCOC1CC(N2CCC(NC(C)C)C2)C1. The summed E-state index contributed by atoms with van der Waals surface area (Å²) in [4.78, 5) is 2.65. The maximum Gasteiger partial charge on any atom is 0.0604 e. The van der Waals surface area contributed by atoms with E-state index in [-0.39, 0.29) is 0 Å². The minimum atomic E-state index is 0.548. The van der Waals surface area contributed by atoms with Gasteiger partial charge in [0, 0.05) is 37.8 Å². The minimum absolute atomic E-state index is 0.548. The molecule has 1 aliphatic carbocycles. The predicted molar refractivity (Wildman–Crippen MR) is 66.7 cm³/mol. The Morgan fingerprint density at radius 1 is 1.38 bits per heavy atom. The van der Waals surface area contributed by atoms with Gasteiger partial charge in [-0.2, -0.15) is 0 Å². The Hall–Kier alpha value is -0.120. The molecule has 1 heterocycles. The molecule has 0 aromatic rings. The Bertz CT molecular complexity index is 214. The first-order valence-corrected chi connectivity index (χ1v) is 6.80. The largest absolute Gasteiger partial charge is 0.378 e. The summed E-state index contributed by atoms with van der Waals surface area (Å²) >= 11 is 0.